The van der Waals surface area contributed by atoms with Crippen molar-refractivity contribution < 1.29 is 14.8 Å². The van der Waals surface area contributed by atoms with E-state index in [0.717, 1.165) is 0 Å². The van der Waals surface area contributed by atoms with Gasteiger partial charge in [0.2, 0.25) is 11.8 Å². The molecule has 8 heteroatoms. The normalized spacial score (nSPS) is 11.6. The summed E-state index contributed by atoms with van der Waals surface area (Å²) in [6.45, 7) is 0. The maximum atomic E-state index is 12.3. The Kier molecular flexibility index (Phi) is 6.64. The molecular weight excluding hydrogens is 365 g/mol. The lowest BCUT2D eigenvalue weighted by Gasteiger charge is -2.18. The first-order valence-electron chi connectivity index (χ1n) is 7.42. The third-order valence-electron chi connectivity index (χ3n) is 3.56. The van der Waals surface area contributed by atoms with Gasteiger partial charge in [-0.1, -0.05) is 35.3 Å². The van der Waals surface area contributed by atoms with Crippen molar-refractivity contribution in [2.24, 2.45) is 0 Å². The maximum Gasteiger partial charge on any atom is 0.243 e. The molecule has 132 valence electrons. The fourth-order valence-corrected chi connectivity index (χ4v) is 3.01. The monoisotopic (exact) mass is 381 g/mol. The van der Waals surface area contributed by atoms with E-state index in [1.165, 1.54) is 6.07 Å². The van der Waals surface area contributed by atoms with Crippen LogP contribution >= 0.6 is 23.2 Å². The molecule has 2 aromatic rings. The van der Waals surface area contributed by atoms with E-state index in [4.69, 9.17) is 34.1 Å². The minimum absolute atomic E-state index is 0.0103. The number of hydroxylamine groups is 1. The molecule has 0 radical (unpaired) electrons. The molecule has 1 unspecified atom stereocenters. The van der Waals surface area contributed by atoms with E-state index in [0.29, 0.717) is 27.0 Å². The number of hydrogen-bond acceptors (Lipinski definition) is 4. The fraction of sp³-hybridized carbons (Fsp3) is 0.176. The average Bonchev–Trinajstić information content (AvgIpc) is 2.54. The molecule has 2 rings (SSSR count). The van der Waals surface area contributed by atoms with Gasteiger partial charge in [0.1, 0.15) is 0 Å². The Bertz CT molecular complexity index is 783. The van der Waals surface area contributed by atoms with Gasteiger partial charge in [-0.3, -0.25) is 14.8 Å². The number of hydrogen-bond donors (Lipinski definition) is 4. The SMILES string of the molecule is Nc1cccc(NC(=O)CC(CC(=O)NO)c2ccc(Cl)cc2Cl)c1. The summed E-state index contributed by atoms with van der Waals surface area (Å²) < 4.78 is 0. The molecule has 0 aliphatic carbocycles. The molecular formula is C17H17Cl2N3O3. The molecule has 0 spiro atoms. The van der Waals surface area contributed by atoms with Crippen molar-refractivity contribution in [3.05, 3.63) is 58.1 Å². The van der Waals surface area contributed by atoms with Gasteiger partial charge in [0.05, 0.1) is 0 Å². The lowest BCUT2D eigenvalue weighted by atomic mass is 9.91. The first-order valence-corrected chi connectivity index (χ1v) is 8.18. The zero-order valence-electron chi connectivity index (χ0n) is 13.1. The van der Waals surface area contributed by atoms with Crippen LogP contribution in [0.25, 0.3) is 0 Å². The van der Waals surface area contributed by atoms with Crippen molar-refractivity contribution in [3.63, 3.8) is 0 Å². The van der Waals surface area contributed by atoms with Crippen LogP contribution in [0, 0.1) is 0 Å². The Morgan fingerprint density at radius 3 is 2.44 bits per heavy atom. The van der Waals surface area contributed by atoms with Gasteiger partial charge in [-0.2, -0.15) is 0 Å². The smallest absolute Gasteiger partial charge is 0.243 e. The third kappa shape index (κ3) is 5.63. The molecule has 25 heavy (non-hydrogen) atoms. The molecule has 2 aromatic carbocycles. The highest BCUT2D eigenvalue weighted by molar-refractivity contribution is 6.35. The highest BCUT2D eigenvalue weighted by Crippen LogP contribution is 2.32. The summed E-state index contributed by atoms with van der Waals surface area (Å²) in [5.41, 5.74) is 8.92. The number of rotatable bonds is 6. The van der Waals surface area contributed by atoms with Crippen molar-refractivity contribution >= 4 is 46.4 Å². The van der Waals surface area contributed by atoms with Crippen LogP contribution in [-0.4, -0.2) is 17.0 Å². The zero-order chi connectivity index (χ0) is 18.4. The van der Waals surface area contributed by atoms with Crippen LogP contribution in [0.2, 0.25) is 10.0 Å². The van der Waals surface area contributed by atoms with Gasteiger partial charge in [-0.05, 0) is 35.9 Å². The average molecular weight is 382 g/mol. The topological polar surface area (TPSA) is 104 Å². The first-order chi connectivity index (χ1) is 11.9. The van der Waals surface area contributed by atoms with Gasteiger partial charge in [0.25, 0.3) is 0 Å². The Hall–Kier alpha value is -2.28. The number of benzene rings is 2. The summed E-state index contributed by atoms with van der Waals surface area (Å²) >= 11 is 12.1. The quantitative estimate of drug-likeness (QED) is 0.348. The second-order valence-corrected chi connectivity index (χ2v) is 6.32. The molecule has 5 N–H and O–H groups in total. The van der Waals surface area contributed by atoms with Crippen LogP contribution in [0.4, 0.5) is 11.4 Å². The highest BCUT2D eigenvalue weighted by Gasteiger charge is 2.22. The second-order valence-electron chi connectivity index (χ2n) is 5.48. The molecule has 2 amide bonds. The summed E-state index contributed by atoms with van der Waals surface area (Å²) in [6.07, 6.45) is -0.119. The minimum Gasteiger partial charge on any atom is -0.399 e. The van der Waals surface area contributed by atoms with Crippen molar-refractivity contribution in [2.45, 2.75) is 18.8 Å². The lowest BCUT2D eigenvalue weighted by Crippen LogP contribution is -2.24. The number of carbonyl (C=O) groups is 2. The van der Waals surface area contributed by atoms with Gasteiger partial charge in [0, 0.05) is 40.2 Å². The van der Waals surface area contributed by atoms with Gasteiger partial charge in [-0.25, -0.2) is 5.48 Å². The molecule has 0 fully saturated rings. The van der Waals surface area contributed by atoms with Crippen molar-refractivity contribution in [3.8, 4) is 0 Å². The van der Waals surface area contributed by atoms with E-state index in [-0.39, 0.29) is 18.7 Å². The van der Waals surface area contributed by atoms with Gasteiger partial charge in [0.15, 0.2) is 0 Å². The first kappa shape index (κ1) is 19.1. The van der Waals surface area contributed by atoms with Crippen LogP contribution in [0.15, 0.2) is 42.5 Å². The summed E-state index contributed by atoms with van der Waals surface area (Å²) in [4.78, 5) is 23.9. The predicted octanol–water partition coefficient (Wildman–Crippen LogP) is 3.58. The van der Waals surface area contributed by atoms with E-state index in [2.05, 4.69) is 5.32 Å². The van der Waals surface area contributed by atoms with Crippen LogP contribution in [0.3, 0.4) is 0 Å². The number of anilines is 2. The number of nitrogen functional groups attached to an aromatic ring is 1. The molecule has 0 bridgehead atoms. The number of halogens is 2. The molecule has 0 aromatic heterocycles. The summed E-state index contributed by atoms with van der Waals surface area (Å²) in [5, 5.41) is 12.3. The maximum absolute atomic E-state index is 12.3. The van der Waals surface area contributed by atoms with Gasteiger partial charge < -0.3 is 11.1 Å². The molecule has 6 nitrogen and oxygen atoms in total. The van der Waals surface area contributed by atoms with Crippen molar-refractivity contribution in [1.82, 2.24) is 5.48 Å². The fourth-order valence-electron chi connectivity index (χ4n) is 2.45. The molecule has 0 saturated heterocycles. The molecule has 0 heterocycles. The van der Waals surface area contributed by atoms with E-state index in [1.54, 1.807) is 41.9 Å². The Morgan fingerprint density at radius 2 is 1.80 bits per heavy atom. The van der Waals surface area contributed by atoms with Gasteiger partial charge in [-0.15, -0.1) is 0 Å². The number of nitrogens with one attached hydrogen (secondary N) is 2. The van der Waals surface area contributed by atoms with Crippen molar-refractivity contribution in [2.75, 3.05) is 11.1 Å². The summed E-state index contributed by atoms with van der Waals surface area (Å²) in [5.74, 6) is -1.46. The molecule has 1 atom stereocenters. The third-order valence-corrected chi connectivity index (χ3v) is 4.12. The number of nitrogens with two attached hydrogens (primary N) is 1. The largest absolute Gasteiger partial charge is 0.399 e. The highest BCUT2D eigenvalue weighted by atomic mass is 35.5. The van der Waals surface area contributed by atoms with Crippen molar-refractivity contribution in [1.29, 1.82) is 0 Å². The standard InChI is InChI=1S/C17H17Cl2N3O3/c18-11-4-5-14(15(19)8-11)10(7-17(24)22-25)6-16(23)21-13-3-1-2-12(20)9-13/h1-5,8-10,25H,6-7,20H2,(H,21,23)(H,22,24). The van der Waals surface area contributed by atoms with Gasteiger partial charge >= 0.3 is 0 Å². The number of amides is 2. The lowest BCUT2D eigenvalue weighted by molar-refractivity contribution is -0.129. The van der Waals surface area contributed by atoms with Crippen LogP contribution in [-0.2, 0) is 9.59 Å². The number of carbonyl (C=O) groups excluding carboxylic acids is 2. The Morgan fingerprint density at radius 1 is 1.08 bits per heavy atom. The molecule has 0 aliphatic heterocycles. The summed E-state index contributed by atoms with van der Waals surface area (Å²) in [6, 6.07) is 11.6. The zero-order valence-corrected chi connectivity index (χ0v) is 14.6. The van der Waals surface area contributed by atoms with E-state index < -0.39 is 11.8 Å². The van der Waals surface area contributed by atoms with E-state index >= 15 is 0 Å². The Labute approximate surface area is 154 Å². The van der Waals surface area contributed by atoms with E-state index in [9.17, 15) is 9.59 Å². The van der Waals surface area contributed by atoms with Crippen LogP contribution < -0.4 is 16.5 Å². The summed E-state index contributed by atoms with van der Waals surface area (Å²) in [7, 11) is 0. The predicted molar refractivity (Wildman–Crippen MR) is 97.9 cm³/mol. The van der Waals surface area contributed by atoms with E-state index in [1.807, 2.05) is 0 Å². The molecule has 0 aliphatic rings. The van der Waals surface area contributed by atoms with Crippen LogP contribution in [0.1, 0.15) is 24.3 Å². The van der Waals surface area contributed by atoms with Crippen LogP contribution in [0.5, 0.6) is 0 Å². The molecule has 0 saturated carbocycles. The Balaban J connectivity index is 2.17. The second kappa shape index (κ2) is 8.71. The minimum atomic E-state index is -0.618.